The molecule has 2 aromatic rings. The van der Waals surface area contributed by atoms with E-state index in [9.17, 15) is 4.79 Å². The maximum atomic E-state index is 11.5. The van der Waals surface area contributed by atoms with Gasteiger partial charge in [-0.1, -0.05) is 12.1 Å². The molecule has 0 saturated heterocycles. The van der Waals surface area contributed by atoms with Gasteiger partial charge in [0.15, 0.2) is 6.61 Å². The predicted molar refractivity (Wildman–Crippen MR) is 84.4 cm³/mol. The molecule has 4 nitrogen and oxygen atoms in total. The van der Waals surface area contributed by atoms with Crippen LogP contribution in [0.2, 0.25) is 0 Å². The molecule has 0 atom stereocenters. The Kier molecular flexibility index (Phi) is 5.31. The number of nitrogens with zero attached hydrogens (tertiary/aromatic N) is 1. The first-order chi connectivity index (χ1) is 9.63. The van der Waals surface area contributed by atoms with Crippen LogP contribution in [0.3, 0.4) is 0 Å². The molecule has 0 aliphatic rings. The van der Waals surface area contributed by atoms with Crippen LogP contribution in [0.1, 0.15) is 10.4 Å². The van der Waals surface area contributed by atoms with Crippen LogP contribution in [0.4, 0.5) is 0 Å². The van der Waals surface area contributed by atoms with Gasteiger partial charge in [0.05, 0.1) is 10.0 Å². The number of hydrazone groups is 1. The first kappa shape index (κ1) is 14.7. The molecule has 1 aromatic carbocycles. The van der Waals surface area contributed by atoms with E-state index in [1.807, 2.05) is 43.3 Å². The lowest BCUT2D eigenvalue weighted by Gasteiger charge is -2.05. The largest absolute Gasteiger partial charge is 0.484 e. The van der Waals surface area contributed by atoms with Crippen LogP contribution < -0.4 is 10.2 Å². The molecule has 0 aliphatic heterocycles. The lowest BCUT2D eigenvalue weighted by atomic mass is 10.2. The number of nitrogens with one attached hydrogen (secondary N) is 1. The predicted octanol–water partition coefficient (Wildman–Crippen LogP) is 3.35. The highest BCUT2D eigenvalue weighted by Gasteiger charge is 2.01. The van der Waals surface area contributed by atoms with Crippen molar-refractivity contribution in [2.45, 2.75) is 6.92 Å². The van der Waals surface area contributed by atoms with Crippen LogP contribution in [0.25, 0.3) is 0 Å². The van der Waals surface area contributed by atoms with Gasteiger partial charge in [-0.15, -0.1) is 11.3 Å². The molecule has 1 N–H and O–H groups in total. The molecule has 0 aliphatic carbocycles. The molecule has 2 rings (SSSR count). The lowest BCUT2D eigenvalue weighted by Crippen LogP contribution is -2.24. The van der Waals surface area contributed by atoms with Crippen molar-refractivity contribution in [1.29, 1.82) is 0 Å². The number of halogens is 1. The van der Waals surface area contributed by atoms with Crippen LogP contribution in [-0.4, -0.2) is 18.7 Å². The summed E-state index contributed by atoms with van der Waals surface area (Å²) >= 11 is 4.90. The molecule has 6 heteroatoms. The summed E-state index contributed by atoms with van der Waals surface area (Å²) in [6, 6.07) is 11.4. The summed E-state index contributed by atoms with van der Waals surface area (Å²) < 4.78 is 6.39. The third kappa shape index (κ3) is 4.79. The van der Waals surface area contributed by atoms with Crippen LogP contribution in [0.15, 0.2) is 45.3 Å². The molecule has 0 spiro atoms. The quantitative estimate of drug-likeness (QED) is 0.662. The van der Waals surface area contributed by atoms with Crippen LogP contribution in [0.5, 0.6) is 5.75 Å². The van der Waals surface area contributed by atoms with Gasteiger partial charge in [0.1, 0.15) is 5.75 Å². The van der Waals surface area contributed by atoms with Gasteiger partial charge in [-0.05, 0) is 52.7 Å². The van der Waals surface area contributed by atoms with Crippen LogP contribution >= 0.6 is 27.3 Å². The maximum Gasteiger partial charge on any atom is 0.277 e. The number of carbonyl (C=O) groups is 1. The second-order valence-corrected chi connectivity index (χ2v) is 6.53. The van der Waals surface area contributed by atoms with Gasteiger partial charge in [0, 0.05) is 4.88 Å². The number of rotatable bonds is 5. The fourth-order valence-corrected chi connectivity index (χ4v) is 2.75. The Bertz CT molecular complexity index is 625. The van der Waals surface area contributed by atoms with Crippen LogP contribution in [-0.2, 0) is 4.79 Å². The topological polar surface area (TPSA) is 50.7 Å². The molecule has 1 aromatic heterocycles. The minimum Gasteiger partial charge on any atom is -0.484 e. The second-order valence-electron chi connectivity index (χ2n) is 4.04. The Morgan fingerprint density at radius 2 is 2.30 bits per heavy atom. The summed E-state index contributed by atoms with van der Waals surface area (Å²) in [4.78, 5) is 12.5. The van der Waals surface area contributed by atoms with E-state index >= 15 is 0 Å². The van der Waals surface area contributed by atoms with Crippen molar-refractivity contribution in [1.82, 2.24) is 5.43 Å². The molecule has 0 fully saturated rings. The molecule has 1 heterocycles. The summed E-state index contributed by atoms with van der Waals surface area (Å²) in [6.45, 7) is 1.91. The number of amides is 1. The highest BCUT2D eigenvalue weighted by atomic mass is 79.9. The fourth-order valence-electron chi connectivity index (χ4n) is 1.45. The van der Waals surface area contributed by atoms with Crippen molar-refractivity contribution >= 4 is 39.4 Å². The number of carbonyl (C=O) groups excluding carboxylic acids is 1. The number of hydrogen-bond donors (Lipinski definition) is 1. The summed E-state index contributed by atoms with van der Waals surface area (Å²) in [6.07, 6.45) is 1.60. The minimum atomic E-state index is -0.293. The summed E-state index contributed by atoms with van der Waals surface area (Å²) in [5.41, 5.74) is 3.51. The summed E-state index contributed by atoms with van der Waals surface area (Å²) in [5, 5.41) is 3.87. The van der Waals surface area contributed by atoms with Gasteiger partial charge in [0.25, 0.3) is 5.91 Å². The molecule has 0 unspecified atom stereocenters. The zero-order chi connectivity index (χ0) is 14.4. The smallest absolute Gasteiger partial charge is 0.277 e. The normalized spacial score (nSPS) is 10.7. The van der Waals surface area contributed by atoms with E-state index in [1.165, 1.54) is 11.3 Å². The van der Waals surface area contributed by atoms with Crippen LogP contribution in [0, 0.1) is 6.92 Å². The summed E-state index contributed by atoms with van der Waals surface area (Å²) in [7, 11) is 0. The first-order valence-electron chi connectivity index (χ1n) is 5.90. The average Bonchev–Trinajstić information content (AvgIpc) is 2.82. The number of thiophene rings is 1. The van der Waals surface area contributed by atoms with E-state index < -0.39 is 0 Å². The second kappa shape index (κ2) is 7.21. The standard InChI is InChI=1S/C14H13BrN2O2S/c1-10-3-2-4-11(7-10)19-9-14(18)17-16-8-12-5-6-13(15)20-12/h2-8H,9H2,1H3,(H,17,18)/b16-8+. The Hall–Kier alpha value is -1.66. The molecule has 0 bridgehead atoms. The summed E-state index contributed by atoms with van der Waals surface area (Å²) in [5.74, 6) is 0.379. The first-order valence-corrected chi connectivity index (χ1v) is 7.51. The SMILES string of the molecule is Cc1cccc(OCC(=O)N/N=C/c2ccc(Br)s2)c1. The fraction of sp³-hybridized carbons (Fsp3) is 0.143. The molecule has 1 amide bonds. The lowest BCUT2D eigenvalue weighted by molar-refractivity contribution is -0.123. The van der Waals surface area contributed by atoms with Crippen molar-refractivity contribution in [3.63, 3.8) is 0 Å². The molecular formula is C14H13BrN2O2S. The minimum absolute atomic E-state index is 0.0606. The van der Waals surface area contributed by atoms with Gasteiger partial charge in [-0.2, -0.15) is 5.10 Å². The monoisotopic (exact) mass is 352 g/mol. The zero-order valence-electron chi connectivity index (χ0n) is 10.8. The van der Waals surface area contributed by atoms with Crippen molar-refractivity contribution < 1.29 is 9.53 Å². The maximum absolute atomic E-state index is 11.5. The van der Waals surface area contributed by atoms with E-state index in [0.29, 0.717) is 5.75 Å². The van der Waals surface area contributed by atoms with Gasteiger partial charge in [-0.25, -0.2) is 5.43 Å². The third-order valence-electron chi connectivity index (χ3n) is 2.33. The van der Waals surface area contributed by atoms with Gasteiger partial charge in [0.2, 0.25) is 0 Å². The van der Waals surface area contributed by atoms with E-state index in [-0.39, 0.29) is 12.5 Å². The number of aryl methyl sites for hydroxylation is 1. The van der Waals surface area contributed by atoms with E-state index in [4.69, 9.17) is 4.74 Å². The van der Waals surface area contributed by atoms with Gasteiger partial charge >= 0.3 is 0 Å². The molecule has 0 saturated carbocycles. The number of ether oxygens (including phenoxy) is 1. The van der Waals surface area contributed by atoms with Gasteiger partial charge < -0.3 is 4.74 Å². The Balaban J connectivity index is 1.77. The van der Waals surface area contributed by atoms with Crippen molar-refractivity contribution in [2.75, 3.05) is 6.61 Å². The Morgan fingerprint density at radius 1 is 1.45 bits per heavy atom. The highest BCUT2D eigenvalue weighted by molar-refractivity contribution is 9.11. The average molecular weight is 353 g/mol. The van der Waals surface area contributed by atoms with E-state index in [0.717, 1.165) is 14.2 Å². The Morgan fingerprint density at radius 3 is 3.00 bits per heavy atom. The van der Waals surface area contributed by atoms with Crippen molar-refractivity contribution in [3.05, 3.63) is 50.6 Å². The van der Waals surface area contributed by atoms with Crippen molar-refractivity contribution in [3.8, 4) is 5.75 Å². The molecule has 104 valence electrons. The molecule has 0 radical (unpaired) electrons. The Labute approximate surface area is 129 Å². The van der Waals surface area contributed by atoms with Gasteiger partial charge in [-0.3, -0.25) is 4.79 Å². The van der Waals surface area contributed by atoms with E-state index in [2.05, 4.69) is 26.5 Å². The molecule has 20 heavy (non-hydrogen) atoms. The van der Waals surface area contributed by atoms with Crippen molar-refractivity contribution in [2.24, 2.45) is 5.10 Å². The van der Waals surface area contributed by atoms with E-state index in [1.54, 1.807) is 6.21 Å². The highest BCUT2D eigenvalue weighted by Crippen LogP contribution is 2.20. The number of benzene rings is 1. The molecular weight excluding hydrogens is 340 g/mol. The third-order valence-corrected chi connectivity index (χ3v) is 3.89. The number of hydrogen-bond acceptors (Lipinski definition) is 4. The zero-order valence-corrected chi connectivity index (χ0v) is 13.2.